The zero-order chi connectivity index (χ0) is 12.1. The molecular formula is C12H16O5. The molecule has 5 heteroatoms. The van der Waals surface area contributed by atoms with Gasteiger partial charge in [0.05, 0.1) is 19.5 Å². The molecule has 0 aliphatic carbocycles. The first-order chi connectivity index (χ1) is 8.27. The highest BCUT2D eigenvalue weighted by atomic mass is 16.5. The van der Waals surface area contributed by atoms with Crippen molar-refractivity contribution in [2.45, 2.75) is 19.4 Å². The molecule has 2 rings (SSSR count). The van der Waals surface area contributed by atoms with Crippen LogP contribution in [0, 0.1) is 5.92 Å². The number of carboxylic acid groups (broad SMARTS) is 1. The Balaban J connectivity index is 1.77. The molecule has 17 heavy (non-hydrogen) atoms. The molecule has 0 bridgehead atoms. The molecule has 1 aliphatic rings. The molecule has 1 N–H and O–H groups in total. The van der Waals surface area contributed by atoms with E-state index < -0.39 is 5.97 Å². The highest BCUT2D eigenvalue weighted by Crippen LogP contribution is 2.17. The third kappa shape index (κ3) is 3.31. The maximum atomic E-state index is 10.8. The van der Waals surface area contributed by atoms with Gasteiger partial charge < -0.3 is 19.0 Å². The van der Waals surface area contributed by atoms with Gasteiger partial charge in [-0.2, -0.15) is 0 Å². The highest BCUT2D eigenvalue weighted by molar-refractivity contribution is 5.85. The molecule has 0 atom stereocenters. The predicted octanol–water partition coefficient (Wildman–Crippen LogP) is 1.92. The van der Waals surface area contributed by atoms with Gasteiger partial charge in [-0.05, 0) is 24.8 Å². The molecule has 1 fully saturated rings. The molecule has 1 saturated heterocycles. The van der Waals surface area contributed by atoms with E-state index in [1.54, 1.807) is 6.07 Å². The van der Waals surface area contributed by atoms with Gasteiger partial charge in [0, 0.05) is 18.8 Å². The molecule has 1 aromatic rings. The number of carboxylic acids is 1. The Labute approximate surface area is 99.3 Å². The minimum Gasteiger partial charge on any atom is -0.475 e. The molecule has 0 amide bonds. The number of hydrogen-bond donors (Lipinski definition) is 1. The average molecular weight is 240 g/mol. The van der Waals surface area contributed by atoms with E-state index >= 15 is 0 Å². The highest BCUT2D eigenvalue weighted by Gasteiger charge is 2.16. The van der Waals surface area contributed by atoms with Crippen LogP contribution in [0.3, 0.4) is 0 Å². The van der Waals surface area contributed by atoms with E-state index in [4.69, 9.17) is 19.0 Å². The number of furan rings is 1. The van der Waals surface area contributed by atoms with Gasteiger partial charge >= 0.3 is 5.97 Å². The number of carbonyl (C=O) groups is 1. The summed E-state index contributed by atoms with van der Waals surface area (Å²) in [5.74, 6) is -0.569. The number of hydrogen-bond acceptors (Lipinski definition) is 4. The lowest BCUT2D eigenvalue weighted by Crippen LogP contribution is -2.20. The van der Waals surface area contributed by atoms with Gasteiger partial charge in [0.1, 0.15) is 0 Å². The first kappa shape index (κ1) is 12.1. The fourth-order valence-electron chi connectivity index (χ4n) is 1.89. The second kappa shape index (κ2) is 5.84. The van der Waals surface area contributed by atoms with Gasteiger partial charge in [-0.3, -0.25) is 0 Å². The third-order valence-electron chi connectivity index (χ3n) is 2.89. The van der Waals surface area contributed by atoms with Crippen LogP contribution in [0.4, 0.5) is 0 Å². The van der Waals surface area contributed by atoms with E-state index in [0.29, 0.717) is 18.1 Å². The van der Waals surface area contributed by atoms with Crippen LogP contribution in [0.15, 0.2) is 16.7 Å². The summed E-state index contributed by atoms with van der Waals surface area (Å²) in [5, 5.41) is 8.84. The van der Waals surface area contributed by atoms with Crippen LogP contribution in [0.2, 0.25) is 0 Å². The summed E-state index contributed by atoms with van der Waals surface area (Å²) in [6, 6.07) is 1.63. The van der Waals surface area contributed by atoms with Crippen LogP contribution in [0.1, 0.15) is 29.0 Å². The fraction of sp³-hybridized carbons (Fsp3) is 0.583. The fourth-order valence-corrected chi connectivity index (χ4v) is 1.89. The van der Waals surface area contributed by atoms with Gasteiger partial charge in [0.25, 0.3) is 0 Å². The van der Waals surface area contributed by atoms with Crippen molar-refractivity contribution in [3.63, 3.8) is 0 Å². The van der Waals surface area contributed by atoms with Gasteiger partial charge in [-0.25, -0.2) is 4.79 Å². The summed E-state index contributed by atoms with van der Waals surface area (Å²) < 4.78 is 15.7. The monoisotopic (exact) mass is 240 g/mol. The molecule has 2 heterocycles. The Morgan fingerprint density at radius 3 is 2.94 bits per heavy atom. The van der Waals surface area contributed by atoms with Crippen LogP contribution in [-0.2, 0) is 16.1 Å². The Bertz CT molecular complexity index is 365. The molecule has 94 valence electrons. The minimum absolute atomic E-state index is 0.0306. The van der Waals surface area contributed by atoms with E-state index in [-0.39, 0.29) is 12.4 Å². The van der Waals surface area contributed by atoms with E-state index in [0.717, 1.165) is 26.1 Å². The standard InChI is InChI=1S/C12H16O5/c13-12(14)11-10(3-6-17-11)8-16-7-9-1-4-15-5-2-9/h3,6,9H,1-2,4-5,7-8H2,(H,13,14). The van der Waals surface area contributed by atoms with Crippen molar-refractivity contribution in [1.82, 2.24) is 0 Å². The zero-order valence-corrected chi connectivity index (χ0v) is 9.55. The average Bonchev–Trinajstić information content (AvgIpc) is 2.79. The molecule has 1 aliphatic heterocycles. The Kier molecular flexibility index (Phi) is 4.17. The lowest BCUT2D eigenvalue weighted by Gasteiger charge is -2.21. The van der Waals surface area contributed by atoms with Crippen molar-refractivity contribution < 1.29 is 23.8 Å². The van der Waals surface area contributed by atoms with Crippen molar-refractivity contribution in [3.05, 3.63) is 23.7 Å². The summed E-state index contributed by atoms with van der Waals surface area (Å²) in [6.07, 6.45) is 3.39. The first-order valence-corrected chi connectivity index (χ1v) is 5.72. The molecule has 0 unspecified atom stereocenters. The van der Waals surface area contributed by atoms with Gasteiger partial charge in [-0.15, -0.1) is 0 Å². The number of aromatic carboxylic acids is 1. The third-order valence-corrected chi connectivity index (χ3v) is 2.89. The second-order valence-electron chi connectivity index (χ2n) is 4.15. The van der Waals surface area contributed by atoms with Crippen LogP contribution in [0.5, 0.6) is 0 Å². The quantitative estimate of drug-likeness (QED) is 0.851. The predicted molar refractivity (Wildman–Crippen MR) is 58.9 cm³/mol. The van der Waals surface area contributed by atoms with Gasteiger partial charge in [0.15, 0.2) is 0 Å². The number of ether oxygens (including phenoxy) is 2. The zero-order valence-electron chi connectivity index (χ0n) is 9.55. The van der Waals surface area contributed by atoms with Crippen molar-refractivity contribution in [1.29, 1.82) is 0 Å². The second-order valence-corrected chi connectivity index (χ2v) is 4.15. The van der Waals surface area contributed by atoms with Crippen molar-refractivity contribution >= 4 is 5.97 Å². The maximum Gasteiger partial charge on any atom is 0.372 e. The summed E-state index contributed by atoms with van der Waals surface area (Å²) in [7, 11) is 0. The van der Waals surface area contributed by atoms with Crippen molar-refractivity contribution in [2.75, 3.05) is 19.8 Å². The summed E-state index contributed by atoms with van der Waals surface area (Å²) >= 11 is 0. The minimum atomic E-state index is -1.06. The molecule has 5 nitrogen and oxygen atoms in total. The molecule has 1 aromatic heterocycles. The van der Waals surface area contributed by atoms with Crippen LogP contribution in [-0.4, -0.2) is 30.9 Å². The molecule has 0 aromatic carbocycles. The first-order valence-electron chi connectivity index (χ1n) is 5.72. The van der Waals surface area contributed by atoms with E-state index in [1.807, 2.05) is 0 Å². The lowest BCUT2D eigenvalue weighted by molar-refractivity contribution is 0.0153. The normalized spacial score (nSPS) is 17.2. The van der Waals surface area contributed by atoms with Crippen molar-refractivity contribution in [3.8, 4) is 0 Å². The Morgan fingerprint density at radius 2 is 2.24 bits per heavy atom. The van der Waals surface area contributed by atoms with Crippen LogP contribution >= 0.6 is 0 Å². The largest absolute Gasteiger partial charge is 0.475 e. The maximum absolute atomic E-state index is 10.8. The molecular weight excluding hydrogens is 224 g/mol. The SMILES string of the molecule is O=C(O)c1occc1COCC1CCOCC1. The van der Waals surface area contributed by atoms with E-state index in [1.165, 1.54) is 6.26 Å². The lowest BCUT2D eigenvalue weighted by atomic mass is 10.0. The van der Waals surface area contributed by atoms with E-state index in [9.17, 15) is 4.79 Å². The van der Waals surface area contributed by atoms with E-state index in [2.05, 4.69) is 0 Å². The van der Waals surface area contributed by atoms with Crippen LogP contribution in [0.25, 0.3) is 0 Å². The smallest absolute Gasteiger partial charge is 0.372 e. The molecule has 0 saturated carbocycles. The van der Waals surface area contributed by atoms with Crippen LogP contribution < -0.4 is 0 Å². The van der Waals surface area contributed by atoms with Crippen molar-refractivity contribution in [2.24, 2.45) is 5.92 Å². The summed E-state index contributed by atoms with van der Waals surface area (Å²) in [6.45, 7) is 2.52. The van der Waals surface area contributed by atoms with Gasteiger partial charge in [-0.1, -0.05) is 0 Å². The van der Waals surface area contributed by atoms with Gasteiger partial charge in [0.2, 0.25) is 5.76 Å². The summed E-state index contributed by atoms with van der Waals surface area (Å²) in [5.41, 5.74) is 0.588. The molecule has 0 radical (unpaired) electrons. The topological polar surface area (TPSA) is 68.9 Å². The number of rotatable bonds is 5. The Hall–Kier alpha value is -1.33. The summed E-state index contributed by atoms with van der Waals surface area (Å²) in [4.78, 5) is 10.8. The molecule has 0 spiro atoms. The Morgan fingerprint density at radius 1 is 1.47 bits per heavy atom.